The molecule has 2 aromatic carbocycles. The normalized spacial score (nSPS) is 10.9. The quantitative estimate of drug-likeness (QED) is 0.573. The number of nitrogens with one attached hydrogen (secondary N) is 2. The number of carbonyl (C=O) groups excluding carboxylic acids is 2. The van der Waals surface area contributed by atoms with Crippen molar-refractivity contribution in [2.75, 3.05) is 25.6 Å². The summed E-state index contributed by atoms with van der Waals surface area (Å²) in [6.07, 6.45) is 0.416. The van der Waals surface area contributed by atoms with Gasteiger partial charge in [-0.05, 0) is 36.8 Å². The van der Waals surface area contributed by atoms with Gasteiger partial charge in [-0.1, -0.05) is 36.8 Å². The fourth-order valence-corrected chi connectivity index (χ4v) is 3.31. The Morgan fingerprint density at radius 3 is 2.66 bits per heavy atom. The van der Waals surface area contributed by atoms with Crippen molar-refractivity contribution in [1.29, 1.82) is 0 Å². The van der Waals surface area contributed by atoms with E-state index in [0.717, 1.165) is 22.2 Å². The van der Waals surface area contributed by atoms with E-state index in [1.165, 1.54) is 5.56 Å². The lowest BCUT2D eigenvalue weighted by atomic mass is 10.1. The Labute approximate surface area is 170 Å². The summed E-state index contributed by atoms with van der Waals surface area (Å²) < 4.78 is 7.04. The summed E-state index contributed by atoms with van der Waals surface area (Å²) in [5, 5.41) is 6.68. The number of hydrogen-bond donors (Lipinski definition) is 2. The van der Waals surface area contributed by atoms with E-state index in [2.05, 4.69) is 35.8 Å². The molecular formula is C23H27N3O3. The molecular weight excluding hydrogens is 366 g/mol. The number of nitrogens with zero attached hydrogens (tertiary/aromatic N) is 1. The van der Waals surface area contributed by atoms with Crippen LogP contribution in [0.4, 0.5) is 5.69 Å². The molecule has 1 aromatic heterocycles. The van der Waals surface area contributed by atoms with Crippen molar-refractivity contribution in [3.8, 4) is 0 Å². The number of fused-ring (bicyclic) bond motifs is 1. The highest BCUT2D eigenvalue weighted by Crippen LogP contribution is 2.25. The smallest absolute Gasteiger partial charge is 0.268 e. The molecule has 0 unspecified atom stereocenters. The van der Waals surface area contributed by atoms with Crippen LogP contribution in [0.2, 0.25) is 0 Å². The lowest BCUT2D eigenvalue weighted by molar-refractivity contribution is -0.115. The Hall–Kier alpha value is -3.12. The maximum absolute atomic E-state index is 12.8. The maximum atomic E-state index is 12.8. The van der Waals surface area contributed by atoms with Gasteiger partial charge in [0, 0.05) is 43.2 Å². The number of carbonyl (C=O) groups is 2. The van der Waals surface area contributed by atoms with Crippen molar-refractivity contribution in [1.82, 2.24) is 9.88 Å². The number of hydrogen-bond acceptors (Lipinski definition) is 3. The Morgan fingerprint density at radius 2 is 1.93 bits per heavy atom. The SMILES string of the molecule is CCC(=O)Nc1ccc2c(c1)cc(C(=O)NCCOC)n2Cc1cccc(C)c1. The van der Waals surface area contributed by atoms with Gasteiger partial charge in [-0.25, -0.2) is 0 Å². The van der Waals surface area contributed by atoms with E-state index in [9.17, 15) is 9.59 Å². The number of methoxy groups -OCH3 is 1. The molecule has 1 heterocycles. The monoisotopic (exact) mass is 393 g/mol. The van der Waals surface area contributed by atoms with Gasteiger partial charge in [0.2, 0.25) is 5.91 Å². The topological polar surface area (TPSA) is 72.4 Å². The third-order valence-corrected chi connectivity index (χ3v) is 4.75. The van der Waals surface area contributed by atoms with Crippen molar-refractivity contribution in [2.45, 2.75) is 26.8 Å². The first-order chi connectivity index (χ1) is 14.0. The molecule has 0 radical (unpaired) electrons. The summed E-state index contributed by atoms with van der Waals surface area (Å²) in [6.45, 7) is 5.35. The van der Waals surface area contributed by atoms with E-state index < -0.39 is 0 Å². The molecule has 0 bridgehead atoms. The number of aryl methyl sites for hydroxylation is 1. The second-order valence-electron chi connectivity index (χ2n) is 7.03. The largest absolute Gasteiger partial charge is 0.383 e. The van der Waals surface area contributed by atoms with Crippen LogP contribution in [0.1, 0.15) is 35.0 Å². The molecule has 0 aliphatic carbocycles. The summed E-state index contributed by atoms with van der Waals surface area (Å²) >= 11 is 0. The van der Waals surface area contributed by atoms with Crippen LogP contribution in [0.25, 0.3) is 10.9 Å². The maximum Gasteiger partial charge on any atom is 0.268 e. The summed E-state index contributed by atoms with van der Waals surface area (Å²) in [4.78, 5) is 24.5. The average molecular weight is 393 g/mol. The minimum Gasteiger partial charge on any atom is -0.383 e. The van der Waals surface area contributed by atoms with E-state index in [1.807, 2.05) is 41.8 Å². The molecule has 0 saturated carbocycles. The standard InChI is InChI=1S/C23H27N3O3/c1-4-22(27)25-19-8-9-20-18(13-19)14-21(23(28)24-10-11-29-3)26(20)15-17-7-5-6-16(2)12-17/h5-9,12-14H,4,10-11,15H2,1-3H3,(H,24,28)(H,25,27). The molecule has 2 N–H and O–H groups in total. The van der Waals surface area contributed by atoms with Gasteiger partial charge < -0.3 is 19.9 Å². The van der Waals surface area contributed by atoms with Crippen LogP contribution in [-0.2, 0) is 16.1 Å². The minimum absolute atomic E-state index is 0.0407. The molecule has 0 atom stereocenters. The third-order valence-electron chi connectivity index (χ3n) is 4.75. The molecule has 3 aromatic rings. The van der Waals surface area contributed by atoms with Crippen molar-refractivity contribution in [2.24, 2.45) is 0 Å². The van der Waals surface area contributed by atoms with Gasteiger partial charge in [-0.3, -0.25) is 9.59 Å². The highest BCUT2D eigenvalue weighted by atomic mass is 16.5. The molecule has 0 fully saturated rings. The molecule has 29 heavy (non-hydrogen) atoms. The van der Waals surface area contributed by atoms with Gasteiger partial charge in [0.1, 0.15) is 5.69 Å². The van der Waals surface area contributed by atoms with Gasteiger partial charge >= 0.3 is 0 Å². The van der Waals surface area contributed by atoms with Crippen molar-refractivity contribution in [3.63, 3.8) is 0 Å². The summed E-state index contributed by atoms with van der Waals surface area (Å²) in [7, 11) is 1.60. The average Bonchev–Trinajstić information content (AvgIpc) is 3.05. The van der Waals surface area contributed by atoms with Crippen LogP contribution in [0.3, 0.4) is 0 Å². The van der Waals surface area contributed by atoms with Crippen LogP contribution in [0.15, 0.2) is 48.5 Å². The second kappa shape index (κ2) is 9.39. The van der Waals surface area contributed by atoms with Crippen molar-refractivity contribution in [3.05, 3.63) is 65.4 Å². The molecule has 0 aliphatic rings. The van der Waals surface area contributed by atoms with Gasteiger partial charge in [0.25, 0.3) is 5.91 Å². The lowest BCUT2D eigenvalue weighted by Gasteiger charge is -2.12. The highest BCUT2D eigenvalue weighted by Gasteiger charge is 2.16. The Balaban J connectivity index is 2.00. The van der Waals surface area contributed by atoms with Crippen LogP contribution in [0, 0.1) is 6.92 Å². The zero-order chi connectivity index (χ0) is 20.8. The zero-order valence-corrected chi connectivity index (χ0v) is 17.1. The Bertz CT molecular complexity index is 1020. The highest BCUT2D eigenvalue weighted by molar-refractivity contribution is 6.00. The number of ether oxygens (including phenoxy) is 1. The number of anilines is 1. The molecule has 2 amide bonds. The number of rotatable bonds is 8. The van der Waals surface area contributed by atoms with E-state index >= 15 is 0 Å². The zero-order valence-electron chi connectivity index (χ0n) is 17.1. The number of benzene rings is 2. The first-order valence-corrected chi connectivity index (χ1v) is 9.77. The molecule has 0 saturated heterocycles. The van der Waals surface area contributed by atoms with E-state index in [4.69, 9.17) is 4.74 Å². The molecule has 6 nitrogen and oxygen atoms in total. The van der Waals surface area contributed by atoms with Crippen molar-refractivity contribution < 1.29 is 14.3 Å². The van der Waals surface area contributed by atoms with E-state index in [1.54, 1.807) is 7.11 Å². The Morgan fingerprint density at radius 1 is 1.10 bits per heavy atom. The van der Waals surface area contributed by atoms with E-state index in [-0.39, 0.29) is 11.8 Å². The van der Waals surface area contributed by atoms with Crippen LogP contribution < -0.4 is 10.6 Å². The fraction of sp³-hybridized carbons (Fsp3) is 0.304. The molecule has 0 spiro atoms. The minimum atomic E-state index is -0.148. The second-order valence-corrected chi connectivity index (χ2v) is 7.03. The van der Waals surface area contributed by atoms with E-state index in [0.29, 0.717) is 31.8 Å². The van der Waals surface area contributed by atoms with Gasteiger partial charge in [-0.15, -0.1) is 0 Å². The van der Waals surface area contributed by atoms with Gasteiger partial charge in [0.15, 0.2) is 0 Å². The Kier molecular flexibility index (Phi) is 6.67. The van der Waals surface area contributed by atoms with Gasteiger partial charge in [-0.2, -0.15) is 0 Å². The summed E-state index contributed by atoms with van der Waals surface area (Å²) in [5.74, 6) is -0.189. The van der Waals surface area contributed by atoms with Crippen LogP contribution in [0.5, 0.6) is 0 Å². The first kappa shape index (κ1) is 20.6. The molecule has 6 heteroatoms. The number of aromatic nitrogens is 1. The third kappa shape index (κ3) is 5.03. The fourth-order valence-electron chi connectivity index (χ4n) is 3.31. The molecule has 0 aliphatic heterocycles. The predicted molar refractivity (Wildman–Crippen MR) is 115 cm³/mol. The van der Waals surface area contributed by atoms with Crippen LogP contribution in [-0.4, -0.2) is 36.6 Å². The van der Waals surface area contributed by atoms with Crippen molar-refractivity contribution >= 4 is 28.4 Å². The first-order valence-electron chi connectivity index (χ1n) is 9.77. The molecule has 152 valence electrons. The predicted octanol–water partition coefficient (Wildman–Crippen LogP) is 3.72. The molecule has 3 rings (SSSR count). The number of amides is 2. The summed E-state index contributed by atoms with van der Waals surface area (Å²) in [5.41, 5.74) is 4.55. The van der Waals surface area contributed by atoms with Crippen LogP contribution >= 0.6 is 0 Å². The van der Waals surface area contributed by atoms with Gasteiger partial charge in [0.05, 0.1) is 6.61 Å². The summed E-state index contributed by atoms with van der Waals surface area (Å²) in [6, 6.07) is 15.8. The lowest BCUT2D eigenvalue weighted by Crippen LogP contribution is -2.29.